The molecule has 0 unspecified atom stereocenters. The first-order valence-electron chi connectivity index (χ1n) is 8.85. The molecule has 0 spiro atoms. The first-order chi connectivity index (χ1) is 13.4. The predicted octanol–water partition coefficient (Wildman–Crippen LogP) is 2.42. The molecule has 3 aromatic rings. The number of nitrogens with zero attached hydrogens (tertiary/aromatic N) is 3. The Bertz CT molecular complexity index is 1010. The lowest BCUT2D eigenvalue weighted by Crippen LogP contribution is -2.18. The van der Waals surface area contributed by atoms with Crippen LogP contribution in [0.3, 0.4) is 0 Å². The zero-order valence-corrected chi connectivity index (χ0v) is 16.4. The zero-order chi connectivity index (χ0) is 20.0. The van der Waals surface area contributed by atoms with E-state index in [9.17, 15) is 8.42 Å². The molecule has 146 valence electrons. The van der Waals surface area contributed by atoms with Crippen LogP contribution in [0, 0.1) is 0 Å². The van der Waals surface area contributed by atoms with Crippen LogP contribution in [0.1, 0.15) is 11.1 Å². The van der Waals surface area contributed by atoms with Crippen LogP contribution in [0.2, 0.25) is 0 Å². The highest BCUT2D eigenvalue weighted by atomic mass is 32.2. The maximum Gasteiger partial charge on any atom is 0.238 e. The number of sulfonamides is 1. The van der Waals surface area contributed by atoms with Crippen LogP contribution in [0.5, 0.6) is 0 Å². The summed E-state index contributed by atoms with van der Waals surface area (Å²) >= 11 is 0. The molecule has 2 aromatic carbocycles. The second-order valence-electron chi connectivity index (χ2n) is 6.45. The smallest absolute Gasteiger partial charge is 0.238 e. The summed E-state index contributed by atoms with van der Waals surface area (Å²) in [5.41, 5.74) is 2.21. The second-order valence-corrected chi connectivity index (χ2v) is 8.01. The molecule has 28 heavy (non-hydrogen) atoms. The van der Waals surface area contributed by atoms with Gasteiger partial charge in [0, 0.05) is 26.3 Å². The van der Waals surface area contributed by atoms with Gasteiger partial charge in [-0.3, -0.25) is 0 Å². The SMILES string of the molecule is CN(Cc1ccccc1)c1ccnc(NCCc2ccc(S(N)(=O)=O)cc2)n1. The normalized spacial score (nSPS) is 11.2. The fourth-order valence-corrected chi connectivity index (χ4v) is 3.27. The van der Waals surface area contributed by atoms with E-state index >= 15 is 0 Å². The summed E-state index contributed by atoms with van der Waals surface area (Å²) in [7, 11) is -1.67. The van der Waals surface area contributed by atoms with E-state index < -0.39 is 10.0 Å². The van der Waals surface area contributed by atoms with Crippen molar-refractivity contribution in [2.75, 3.05) is 23.8 Å². The molecule has 0 aliphatic rings. The zero-order valence-electron chi connectivity index (χ0n) is 15.6. The van der Waals surface area contributed by atoms with Gasteiger partial charge < -0.3 is 10.2 Å². The molecule has 1 aromatic heterocycles. The fraction of sp³-hybridized carbons (Fsp3) is 0.200. The average molecular weight is 398 g/mol. The first-order valence-corrected chi connectivity index (χ1v) is 10.4. The molecule has 3 N–H and O–H groups in total. The number of anilines is 2. The van der Waals surface area contributed by atoms with Crippen molar-refractivity contribution in [1.82, 2.24) is 9.97 Å². The highest BCUT2D eigenvalue weighted by Crippen LogP contribution is 2.14. The number of rotatable bonds is 8. The summed E-state index contributed by atoms with van der Waals surface area (Å²) in [5.74, 6) is 1.39. The Balaban J connectivity index is 1.56. The summed E-state index contributed by atoms with van der Waals surface area (Å²) in [6, 6.07) is 18.6. The van der Waals surface area contributed by atoms with Gasteiger partial charge in [0.1, 0.15) is 5.82 Å². The van der Waals surface area contributed by atoms with Crippen LogP contribution < -0.4 is 15.4 Å². The minimum absolute atomic E-state index is 0.113. The van der Waals surface area contributed by atoms with Crippen molar-refractivity contribution >= 4 is 21.8 Å². The lowest BCUT2D eigenvalue weighted by Gasteiger charge is -2.18. The maximum absolute atomic E-state index is 11.3. The predicted molar refractivity (Wildman–Crippen MR) is 111 cm³/mol. The molecule has 0 bridgehead atoms. The number of aromatic nitrogens is 2. The molecule has 1 heterocycles. The molecule has 0 amide bonds. The van der Waals surface area contributed by atoms with E-state index in [1.165, 1.54) is 17.7 Å². The molecule has 0 saturated carbocycles. The van der Waals surface area contributed by atoms with Gasteiger partial charge in [0.25, 0.3) is 0 Å². The highest BCUT2D eigenvalue weighted by molar-refractivity contribution is 7.89. The third kappa shape index (κ3) is 5.51. The van der Waals surface area contributed by atoms with E-state index in [0.29, 0.717) is 18.9 Å². The van der Waals surface area contributed by atoms with Crippen LogP contribution in [-0.2, 0) is 23.0 Å². The van der Waals surface area contributed by atoms with Gasteiger partial charge in [0.15, 0.2) is 0 Å². The fourth-order valence-electron chi connectivity index (χ4n) is 2.75. The largest absolute Gasteiger partial charge is 0.355 e. The molecular weight excluding hydrogens is 374 g/mol. The Morgan fingerprint density at radius 3 is 2.39 bits per heavy atom. The Morgan fingerprint density at radius 1 is 1.00 bits per heavy atom. The van der Waals surface area contributed by atoms with Gasteiger partial charge in [-0.2, -0.15) is 4.98 Å². The molecule has 3 rings (SSSR count). The number of hydrogen-bond donors (Lipinski definition) is 2. The number of hydrogen-bond acceptors (Lipinski definition) is 6. The van der Waals surface area contributed by atoms with Crippen LogP contribution in [0.15, 0.2) is 71.8 Å². The van der Waals surface area contributed by atoms with Crippen molar-refractivity contribution in [1.29, 1.82) is 0 Å². The summed E-state index contributed by atoms with van der Waals surface area (Å²) in [6.45, 7) is 1.38. The molecule has 0 radical (unpaired) electrons. The quantitative estimate of drug-likeness (QED) is 0.605. The monoisotopic (exact) mass is 397 g/mol. The van der Waals surface area contributed by atoms with Gasteiger partial charge in [-0.05, 0) is 35.7 Å². The van der Waals surface area contributed by atoms with Crippen LogP contribution in [0.4, 0.5) is 11.8 Å². The van der Waals surface area contributed by atoms with Gasteiger partial charge in [0.05, 0.1) is 4.90 Å². The van der Waals surface area contributed by atoms with Gasteiger partial charge >= 0.3 is 0 Å². The van der Waals surface area contributed by atoms with Crippen molar-refractivity contribution < 1.29 is 8.42 Å². The number of benzene rings is 2. The summed E-state index contributed by atoms with van der Waals surface area (Å²) in [5, 5.41) is 8.31. The Hall–Kier alpha value is -2.97. The molecule has 0 fully saturated rings. The van der Waals surface area contributed by atoms with E-state index in [-0.39, 0.29) is 4.90 Å². The summed E-state index contributed by atoms with van der Waals surface area (Å²) in [4.78, 5) is 11.0. The molecule has 0 saturated heterocycles. The molecule has 0 atom stereocenters. The third-order valence-electron chi connectivity index (χ3n) is 4.24. The van der Waals surface area contributed by atoms with Gasteiger partial charge in [0.2, 0.25) is 16.0 Å². The van der Waals surface area contributed by atoms with Gasteiger partial charge in [-0.15, -0.1) is 0 Å². The topological polar surface area (TPSA) is 101 Å². The second kappa shape index (κ2) is 8.81. The molecule has 8 heteroatoms. The third-order valence-corrected chi connectivity index (χ3v) is 5.17. The minimum Gasteiger partial charge on any atom is -0.355 e. The maximum atomic E-state index is 11.3. The van der Waals surface area contributed by atoms with E-state index in [4.69, 9.17) is 5.14 Å². The number of nitrogens with one attached hydrogen (secondary N) is 1. The molecule has 0 aliphatic carbocycles. The summed E-state index contributed by atoms with van der Waals surface area (Å²) < 4.78 is 22.6. The molecular formula is C20H23N5O2S. The summed E-state index contributed by atoms with van der Waals surface area (Å²) in [6.07, 6.45) is 2.44. The Morgan fingerprint density at radius 2 is 1.71 bits per heavy atom. The Kier molecular flexibility index (Phi) is 6.23. The number of nitrogens with two attached hydrogens (primary N) is 1. The molecule has 7 nitrogen and oxygen atoms in total. The minimum atomic E-state index is -3.66. The first kappa shape index (κ1) is 19.8. The standard InChI is InChI=1S/C20H23N5O2S/c1-25(15-17-5-3-2-4-6-17)19-12-14-23-20(24-19)22-13-11-16-7-9-18(10-8-16)28(21,26)27/h2-10,12,14H,11,13,15H2,1H3,(H2,21,26,27)(H,22,23,24). The van der Waals surface area contributed by atoms with Crippen LogP contribution in [-0.4, -0.2) is 32.0 Å². The van der Waals surface area contributed by atoms with E-state index in [0.717, 1.165) is 17.9 Å². The molecule has 0 aliphatic heterocycles. The highest BCUT2D eigenvalue weighted by Gasteiger charge is 2.07. The number of primary sulfonamides is 1. The van der Waals surface area contributed by atoms with Crippen molar-refractivity contribution in [3.8, 4) is 0 Å². The van der Waals surface area contributed by atoms with Crippen molar-refractivity contribution in [2.24, 2.45) is 5.14 Å². The van der Waals surface area contributed by atoms with E-state index in [2.05, 4.69) is 32.3 Å². The lowest BCUT2D eigenvalue weighted by molar-refractivity contribution is 0.598. The van der Waals surface area contributed by atoms with Gasteiger partial charge in [-0.25, -0.2) is 18.5 Å². The van der Waals surface area contributed by atoms with Crippen molar-refractivity contribution in [2.45, 2.75) is 17.9 Å². The Labute approximate surface area is 165 Å². The van der Waals surface area contributed by atoms with E-state index in [1.54, 1.807) is 18.3 Å². The van der Waals surface area contributed by atoms with E-state index in [1.807, 2.05) is 31.3 Å². The average Bonchev–Trinajstić information content (AvgIpc) is 2.69. The van der Waals surface area contributed by atoms with Crippen LogP contribution in [0.25, 0.3) is 0 Å². The lowest BCUT2D eigenvalue weighted by atomic mass is 10.1. The van der Waals surface area contributed by atoms with Crippen molar-refractivity contribution in [3.05, 3.63) is 78.0 Å². The van der Waals surface area contributed by atoms with Crippen LogP contribution >= 0.6 is 0 Å². The van der Waals surface area contributed by atoms with Gasteiger partial charge in [-0.1, -0.05) is 42.5 Å². The van der Waals surface area contributed by atoms with Crippen molar-refractivity contribution in [3.63, 3.8) is 0 Å².